The molecule has 16 nitrogen and oxygen atoms in total. The van der Waals surface area contributed by atoms with Gasteiger partial charge in [0.1, 0.15) is 0 Å². The van der Waals surface area contributed by atoms with E-state index in [0.717, 1.165) is 35.3 Å². The molecule has 0 aliphatic heterocycles. The highest BCUT2D eigenvalue weighted by Crippen LogP contribution is 2.42. The fourth-order valence-corrected chi connectivity index (χ4v) is 109. The SMILES string of the molecule is C=C[Si](C)(O[Si](C)(C)O[Si](C)(C)C)O[Si](CCC(F)(F)F)(CCC(F)(F)F)O[Si](C)(C)C.C[Si](C)(C)O[Si](C)(C)O[Si](C)(C)O[Si](C)(C)C.C[Si](C)(C)O[Si](C)(C)O[Si](CCC(F)(F)F)(CCC(F)(F)F)O[Si](C)(C)C.C[Si](C)(C)O[Si](C)(C)O[Si](CCc1ccccc1)(CCc1ccccc1)O[Si](C)(C)C.C[Si](C)(C)O[Si](C)(C)O[Si](O[Si](C)(C)C)(c1ccccc1)c1ccccc1. The van der Waals surface area contributed by atoms with Crippen molar-refractivity contribution in [1.29, 1.82) is 0 Å². The maximum absolute atomic E-state index is 13.1. The van der Waals surface area contributed by atoms with E-state index in [1.165, 1.54) is 16.8 Å². The smallest absolute Gasteiger partial charge is 0.389 e. The van der Waals surface area contributed by atoms with Crippen LogP contribution in [0.1, 0.15) is 36.8 Å². The van der Waals surface area contributed by atoms with Gasteiger partial charge in [-0.3, -0.25) is 0 Å². The van der Waals surface area contributed by atoms with E-state index in [9.17, 15) is 52.7 Å². The van der Waals surface area contributed by atoms with E-state index in [2.05, 4.69) is 286 Å². The predicted octanol–water partition coefficient (Wildman–Crippen LogP) is 30.4. The molecule has 0 amide bonds. The summed E-state index contributed by atoms with van der Waals surface area (Å²) >= 11 is 0. The fraction of sp³-hybridized carbons (Fsp3) is 0.694. The van der Waals surface area contributed by atoms with E-state index in [-0.39, 0.29) is 0 Å². The lowest BCUT2D eigenvalue weighted by atomic mass is 10.2. The fourth-order valence-electron chi connectivity index (χ4n) is 15.5. The molecular weight excluding hydrogens is 2090 g/mol. The summed E-state index contributed by atoms with van der Waals surface area (Å²) in [6.07, 6.45) is -21.1. The normalized spacial score (nSPS) is 14.9. The van der Waals surface area contributed by atoms with Crippen LogP contribution in [0.5, 0.6) is 0 Å². The summed E-state index contributed by atoms with van der Waals surface area (Å²) in [5, 5.41) is 2.30. The second-order valence-corrected chi connectivity index (χ2v) is 132. The number of benzene rings is 4. The zero-order valence-corrected chi connectivity index (χ0v) is 111. The minimum absolute atomic E-state index is 0.553. The Labute approximate surface area is 825 Å². The van der Waals surface area contributed by atoms with E-state index in [4.69, 9.17) is 65.8 Å². The zero-order chi connectivity index (χ0) is 105. The minimum atomic E-state index is -4.55. The van der Waals surface area contributed by atoms with Gasteiger partial charge in [0.2, 0.25) is 0 Å². The highest BCUT2D eigenvalue weighted by Gasteiger charge is 2.57. The number of rotatable bonds is 49. The Morgan fingerprint density at radius 3 is 0.604 bits per heavy atom. The molecule has 4 rings (SSSR count). The van der Waals surface area contributed by atoms with E-state index in [1.54, 1.807) is 72.0 Å². The van der Waals surface area contributed by atoms with Crippen LogP contribution in [0.2, 0.25) is 318 Å². The molecule has 0 aliphatic carbocycles. The van der Waals surface area contributed by atoms with Gasteiger partial charge in [-0.1, -0.05) is 127 Å². The Balaban J connectivity index is 0.00000167. The van der Waals surface area contributed by atoms with Gasteiger partial charge in [0.05, 0.1) is 0 Å². The Bertz CT molecular complexity index is 3870. The molecule has 1 atom stereocenters. The van der Waals surface area contributed by atoms with Crippen molar-refractivity contribution in [3.05, 3.63) is 145 Å². The zero-order valence-electron chi connectivity index (χ0n) is 89.9. The summed E-state index contributed by atoms with van der Waals surface area (Å²) in [5.41, 5.74) is 4.10. The lowest BCUT2D eigenvalue weighted by Gasteiger charge is -2.44. The number of hydrogen-bond donors (Lipinski definition) is 0. The van der Waals surface area contributed by atoms with Gasteiger partial charge in [-0.05, 0) is 352 Å². The second-order valence-electron chi connectivity index (χ2n) is 46.9. The largest absolute Gasteiger partial charge is 0.437 e. The summed E-state index contributed by atoms with van der Waals surface area (Å²) in [6, 6.07) is 42.1. The summed E-state index contributed by atoms with van der Waals surface area (Å²) in [6.45, 7) is 91.8. The van der Waals surface area contributed by atoms with Crippen molar-refractivity contribution in [2.24, 2.45) is 0 Å². The number of halogens is 12. The van der Waals surface area contributed by atoms with Crippen LogP contribution < -0.4 is 10.4 Å². The van der Waals surface area contributed by atoms with Gasteiger partial charge in [0.25, 0.3) is 0 Å². The topological polar surface area (TPSA) is 148 Å². The van der Waals surface area contributed by atoms with Crippen molar-refractivity contribution in [2.45, 2.75) is 381 Å². The average Bonchev–Trinajstić information content (AvgIpc) is 0.743. The maximum Gasteiger partial charge on any atom is 0.389 e. The molecular formula is C85H176F12O16Si21. The molecule has 0 heterocycles. The van der Waals surface area contributed by atoms with Crippen molar-refractivity contribution >= 4 is 188 Å². The molecule has 4 aromatic carbocycles. The standard InChI is InChI=1S/C24H42O3Si4.C20H34O3Si4.C17H38F6O4Si5.C14H32F6O3Si4.C10H30O3Si4/c1-28(2,3)25-30(7,8)27-31(26-29(4,5)6,21-19-23-15-11-9-12-16-23)22-20-24-17-13-10-14-18-24;1-24(2,3)21-26(7,8)23-27(22-25(4,5)6,19-15-11-9-12-16-19)20-17-13-10-14-18-20;1-11-31(10,26-30(8,9)24-28(2,3)4)27-32(25-29(5,6)7,14-12-16(18,19)20)15-13-17(21,22)23;1-24(2,3)21-26(7,8)23-27(22-25(4,5)6,11-9-13(15,16)17)12-10-14(18,19)20;1-14(2,3)11-16(7,8)13-17(9,10)12-15(4,5)6/h9-18H,19-22H2,1-8H3;9-18H,1-8H3;11H,1,12-15H2,2-10H3;9-12H2,1-8H3;1-10H3. The number of hydrogen-bond acceptors (Lipinski definition) is 16. The summed E-state index contributed by atoms with van der Waals surface area (Å²) in [5.74, 6) is 0. The van der Waals surface area contributed by atoms with Crippen LogP contribution in [-0.4, -0.2) is 202 Å². The van der Waals surface area contributed by atoms with Gasteiger partial charge >= 0.3 is 119 Å². The quantitative estimate of drug-likeness (QED) is 0.0305. The molecule has 0 N–H and O–H groups in total. The molecule has 134 heavy (non-hydrogen) atoms. The van der Waals surface area contributed by atoms with Gasteiger partial charge in [-0.15, -0.1) is 6.58 Å². The molecule has 780 valence electrons. The van der Waals surface area contributed by atoms with Crippen LogP contribution in [-0.2, 0) is 78.7 Å². The summed E-state index contributed by atoms with van der Waals surface area (Å²) in [4.78, 5) is 0. The minimum Gasteiger partial charge on any atom is -0.437 e. The molecule has 49 heteroatoms. The van der Waals surface area contributed by atoms with Crippen molar-refractivity contribution < 1.29 is 119 Å². The predicted molar refractivity (Wildman–Crippen MR) is 585 cm³/mol. The van der Waals surface area contributed by atoms with E-state index < -0.39 is 252 Å². The molecule has 1 unspecified atom stereocenters. The van der Waals surface area contributed by atoms with E-state index in [1.807, 2.05) is 51.4 Å². The van der Waals surface area contributed by atoms with Gasteiger partial charge in [-0.25, -0.2) is 0 Å². The molecule has 0 radical (unpaired) electrons. The van der Waals surface area contributed by atoms with Gasteiger partial charge in [0, 0.05) is 25.7 Å². The molecule has 0 fully saturated rings. The molecule has 0 saturated carbocycles. The molecule has 4 aromatic rings. The molecule has 0 aromatic heterocycles. The van der Waals surface area contributed by atoms with Crippen LogP contribution in [0.3, 0.4) is 0 Å². The van der Waals surface area contributed by atoms with Gasteiger partial charge in [0.15, 0.2) is 83.2 Å². The first-order valence-electron chi connectivity index (χ1n) is 46.4. The first-order valence-corrected chi connectivity index (χ1v) is 108. The lowest BCUT2D eigenvalue weighted by molar-refractivity contribution is -0.134. The second kappa shape index (κ2) is 51.8. The highest BCUT2D eigenvalue weighted by atomic mass is 28.5. The molecule has 0 bridgehead atoms. The first kappa shape index (κ1) is 134. The third-order valence-electron chi connectivity index (χ3n) is 16.9. The van der Waals surface area contributed by atoms with E-state index in [0.29, 0.717) is 0 Å². The maximum atomic E-state index is 13.1. The Morgan fingerprint density at radius 1 is 0.209 bits per heavy atom. The van der Waals surface area contributed by atoms with Crippen LogP contribution >= 0.6 is 0 Å². The summed E-state index contributed by atoms with van der Waals surface area (Å²) in [7, 11) is -50.7. The number of aryl methyl sites for hydroxylation is 2. The molecule has 0 saturated heterocycles. The van der Waals surface area contributed by atoms with Crippen molar-refractivity contribution in [2.75, 3.05) is 0 Å². The Kier molecular flexibility index (Phi) is 51.7. The van der Waals surface area contributed by atoms with Crippen molar-refractivity contribution in [3.8, 4) is 0 Å². The summed E-state index contributed by atoms with van der Waals surface area (Å²) < 4.78 is 259. The van der Waals surface area contributed by atoms with Crippen LogP contribution in [0.15, 0.2) is 134 Å². The van der Waals surface area contributed by atoms with Gasteiger partial charge < -0.3 is 65.8 Å². The monoisotopic (exact) mass is 2270 g/mol. The van der Waals surface area contributed by atoms with Crippen molar-refractivity contribution in [3.63, 3.8) is 0 Å². The third kappa shape index (κ3) is 67.4. The third-order valence-corrected chi connectivity index (χ3v) is 88.5. The van der Waals surface area contributed by atoms with Gasteiger partial charge in [-0.2, -0.15) is 52.7 Å². The van der Waals surface area contributed by atoms with Crippen LogP contribution in [0.4, 0.5) is 52.7 Å². The molecule has 0 aliphatic rings. The van der Waals surface area contributed by atoms with Crippen LogP contribution in [0, 0.1) is 0 Å². The Hall–Kier alpha value is -0.305. The van der Waals surface area contributed by atoms with Crippen molar-refractivity contribution in [1.82, 2.24) is 0 Å². The Morgan fingerprint density at radius 2 is 0.396 bits per heavy atom. The first-order chi connectivity index (χ1) is 59.1. The molecule has 0 spiro atoms. The van der Waals surface area contributed by atoms with Crippen LogP contribution in [0.25, 0.3) is 0 Å². The lowest BCUT2D eigenvalue weighted by Crippen LogP contribution is -2.71. The van der Waals surface area contributed by atoms with E-state index >= 15 is 0 Å². The highest BCUT2D eigenvalue weighted by molar-refractivity contribution is 7.03. The average molecular weight is 2270 g/mol. The number of alkyl halides is 12.